The minimum Gasteiger partial charge on any atom is -0.309 e. The van der Waals surface area contributed by atoms with Crippen LogP contribution in [0.3, 0.4) is 0 Å². The fourth-order valence-electron chi connectivity index (χ4n) is 4.57. The van der Waals surface area contributed by atoms with Crippen molar-refractivity contribution in [2.24, 2.45) is 0 Å². The van der Waals surface area contributed by atoms with E-state index >= 15 is 0 Å². The molecule has 0 aromatic heterocycles. The van der Waals surface area contributed by atoms with Crippen LogP contribution in [0, 0.1) is 0 Å². The van der Waals surface area contributed by atoms with Gasteiger partial charge in [0.2, 0.25) is 0 Å². The molecule has 0 fully saturated rings. The van der Waals surface area contributed by atoms with Crippen LogP contribution in [0.1, 0.15) is 162 Å². The molecule has 37 heavy (non-hydrogen) atoms. The Morgan fingerprint density at radius 3 is 1.00 bits per heavy atom. The van der Waals surface area contributed by atoms with E-state index in [1.165, 1.54) is 116 Å². The molecular weight excluding hydrogens is 478 g/mol. The molecule has 0 saturated carbocycles. The molecule has 0 heterocycles. The van der Waals surface area contributed by atoms with E-state index in [0.29, 0.717) is 0 Å². The predicted octanol–water partition coefficient (Wildman–Crippen LogP) is 10.8. The van der Waals surface area contributed by atoms with Crippen molar-refractivity contribution in [3.05, 3.63) is 0 Å². The van der Waals surface area contributed by atoms with Crippen LogP contribution in [0.4, 0.5) is 0 Å². The van der Waals surface area contributed by atoms with E-state index in [9.17, 15) is 0 Å². The molecule has 0 spiro atoms. The number of hydrogen-bond donors (Lipinski definition) is 0. The lowest BCUT2D eigenvalue weighted by Gasteiger charge is -2.38. The van der Waals surface area contributed by atoms with Crippen LogP contribution in [0.25, 0.3) is 0 Å². The van der Waals surface area contributed by atoms with Gasteiger partial charge < -0.3 is 4.90 Å². The minimum absolute atomic E-state index is 0.777. The van der Waals surface area contributed by atoms with Gasteiger partial charge in [0.05, 0.1) is 30.7 Å². The smallest absolute Gasteiger partial charge is 0.0888 e. The summed E-state index contributed by atoms with van der Waals surface area (Å²) in [6, 6.07) is 0. The lowest BCUT2D eigenvalue weighted by molar-refractivity contribution is 0.161. The third-order valence-electron chi connectivity index (χ3n) is 7.03. The van der Waals surface area contributed by atoms with Crippen LogP contribution >= 0.6 is 10.9 Å². The minimum atomic E-state index is -1.92. The second-order valence-electron chi connectivity index (χ2n) is 11.2. The van der Waals surface area contributed by atoms with E-state index in [-0.39, 0.29) is 0 Å². The Hall–Kier alpha value is 0.190. The zero-order valence-electron chi connectivity index (χ0n) is 26.2. The van der Waals surface area contributed by atoms with Crippen molar-refractivity contribution >= 4 is 10.9 Å². The Labute approximate surface area is 236 Å². The lowest BCUT2D eigenvalue weighted by atomic mass is 10.1. The van der Waals surface area contributed by atoms with Gasteiger partial charge in [0.1, 0.15) is 0 Å². The van der Waals surface area contributed by atoms with E-state index in [0.717, 1.165) is 57.8 Å². The van der Waals surface area contributed by atoms with Crippen molar-refractivity contribution in [2.45, 2.75) is 162 Å². The van der Waals surface area contributed by atoms with Crippen molar-refractivity contribution in [1.29, 1.82) is 0 Å². The van der Waals surface area contributed by atoms with Gasteiger partial charge in [-0.25, -0.2) is 0 Å². The fourth-order valence-corrected chi connectivity index (χ4v) is 6.73. The molecule has 0 amide bonds. The van der Waals surface area contributed by atoms with Crippen LogP contribution < -0.4 is 0 Å². The second kappa shape index (κ2) is 29.2. The number of hydrogen-bond acceptors (Lipinski definition) is 4. The molecule has 0 N–H and O–H groups in total. The Morgan fingerprint density at radius 1 is 0.405 bits per heavy atom. The van der Waals surface area contributed by atoms with Crippen LogP contribution in [-0.4, -0.2) is 51.1 Å². The van der Waals surface area contributed by atoms with Crippen LogP contribution in [0.2, 0.25) is 0 Å². The van der Waals surface area contributed by atoms with Gasteiger partial charge in [-0.15, -0.1) is 0 Å². The Kier molecular flexibility index (Phi) is 29.3. The topological polar surface area (TPSA) is 30.9 Å². The van der Waals surface area contributed by atoms with E-state index in [2.05, 4.69) is 39.8 Å². The molecule has 0 unspecified atom stereocenters. The normalized spacial score (nSPS) is 12.6. The summed E-state index contributed by atoms with van der Waals surface area (Å²) in [5, 5.41) is 0. The average molecular weight is 548 g/mol. The quantitative estimate of drug-likeness (QED) is 0.0807. The fraction of sp³-hybridized carbons (Fsp3) is 1.00. The van der Waals surface area contributed by atoms with E-state index in [1.807, 2.05) is 0 Å². The molecule has 0 aromatic carbocycles. The number of unbranched alkanes of at least 4 members (excludes halogenated alkanes) is 18. The van der Waals surface area contributed by atoms with E-state index < -0.39 is 10.9 Å². The number of nitrogens with zero attached hydrogens (tertiary/aromatic N) is 1. The predicted molar refractivity (Wildman–Crippen MR) is 167 cm³/mol. The maximum absolute atomic E-state index is 6.58. The van der Waals surface area contributed by atoms with Crippen molar-refractivity contribution < 1.29 is 12.5 Å². The van der Waals surface area contributed by atoms with Gasteiger partial charge in [0.25, 0.3) is 0 Å². The summed E-state index contributed by atoms with van der Waals surface area (Å²) in [4.78, 5) is 2.26. The Balaban J connectivity index is 4.71. The van der Waals surface area contributed by atoms with Gasteiger partial charge in [-0.3, -0.25) is 12.5 Å². The molecule has 0 saturated heterocycles. The molecular formula is C32H69NO3S. The number of rotatable bonds is 31. The summed E-state index contributed by atoms with van der Waals surface area (Å²) in [6.07, 6.45) is 28.4. The molecule has 0 atom stereocenters. The summed E-state index contributed by atoms with van der Waals surface area (Å²) in [5.41, 5.74) is 0. The zero-order valence-corrected chi connectivity index (χ0v) is 27.0. The molecule has 0 aliphatic heterocycles. The second-order valence-corrected chi connectivity index (χ2v) is 13.5. The van der Waals surface area contributed by atoms with Crippen LogP contribution in [0.5, 0.6) is 0 Å². The van der Waals surface area contributed by atoms with Crippen LogP contribution in [-0.2, 0) is 12.5 Å². The highest BCUT2D eigenvalue weighted by molar-refractivity contribution is 8.21. The molecule has 0 radical (unpaired) electrons. The highest BCUT2D eigenvalue weighted by atomic mass is 32.3. The highest BCUT2D eigenvalue weighted by Crippen LogP contribution is 2.52. The first-order valence-electron chi connectivity index (χ1n) is 16.5. The van der Waals surface area contributed by atoms with Crippen molar-refractivity contribution in [3.63, 3.8) is 0 Å². The van der Waals surface area contributed by atoms with E-state index in [1.54, 1.807) is 0 Å². The van der Waals surface area contributed by atoms with Crippen molar-refractivity contribution in [1.82, 2.24) is 4.90 Å². The molecule has 0 aliphatic rings. The molecule has 0 aliphatic carbocycles. The largest absolute Gasteiger partial charge is 0.309 e. The summed E-state index contributed by atoms with van der Waals surface area (Å²) in [5.74, 6) is 0.898. The van der Waals surface area contributed by atoms with Gasteiger partial charge in [0.15, 0.2) is 0 Å². The maximum Gasteiger partial charge on any atom is 0.0888 e. The molecule has 0 bridgehead atoms. The van der Waals surface area contributed by atoms with Gasteiger partial charge in [-0.2, -0.15) is 0 Å². The third kappa shape index (κ3) is 26.2. The summed E-state index contributed by atoms with van der Waals surface area (Å²) in [7, 11) is 2.37. The van der Waals surface area contributed by atoms with Gasteiger partial charge in [-0.1, -0.05) is 136 Å². The van der Waals surface area contributed by atoms with Crippen LogP contribution in [0.15, 0.2) is 0 Å². The van der Waals surface area contributed by atoms with Gasteiger partial charge >= 0.3 is 0 Å². The van der Waals surface area contributed by atoms with Gasteiger partial charge in [0, 0.05) is 5.75 Å². The van der Waals surface area contributed by atoms with Crippen molar-refractivity contribution in [3.8, 4) is 0 Å². The Morgan fingerprint density at radius 2 is 0.703 bits per heavy atom. The SMILES string of the molecule is CCCCCCCCCOS(CCCN(C)C)(OCCCCCCCCC)OCCCCCCCCC. The molecule has 5 heteroatoms. The first kappa shape index (κ1) is 37.2. The third-order valence-corrected chi connectivity index (χ3v) is 9.40. The average Bonchev–Trinajstić information content (AvgIpc) is 2.88. The first-order chi connectivity index (χ1) is 18.1. The molecule has 4 nitrogen and oxygen atoms in total. The maximum atomic E-state index is 6.58. The highest BCUT2D eigenvalue weighted by Gasteiger charge is 2.27. The van der Waals surface area contributed by atoms with Crippen molar-refractivity contribution in [2.75, 3.05) is 46.2 Å². The molecule has 226 valence electrons. The Bertz CT molecular complexity index is 386. The summed E-state index contributed by atoms with van der Waals surface area (Å²) < 4.78 is 19.7. The molecule has 0 aromatic rings. The zero-order chi connectivity index (χ0) is 27.3. The standard InChI is InChI=1S/C32H69NO3S/c1-6-9-12-15-18-21-24-29-34-37(32-27-28-33(4)5,35-30-25-22-19-16-13-10-7-2)36-31-26-23-20-17-14-11-8-3/h6-32H2,1-5H3. The lowest BCUT2D eigenvalue weighted by Crippen LogP contribution is -2.22. The van der Waals surface area contributed by atoms with Gasteiger partial charge in [-0.05, 0) is 46.3 Å². The first-order valence-corrected chi connectivity index (χ1v) is 18.1. The molecule has 0 rings (SSSR count). The van der Waals surface area contributed by atoms with E-state index in [4.69, 9.17) is 12.5 Å². The summed E-state index contributed by atoms with van der Waals surface area (Å²) in [6.45, 7) is 10.2. The monoisotopic (exact) mass is 547 g/mol. The summed E-state index contributed by atoms with van der Waals surface area (Å²) >= 11 is 0.